The van der Waals surface area contributed by atoms with Gasteiger partial charge in [-0.15, -0.1) is 11.3 Å². The number of aromatic nitrogens is 2. The van der Waals surface area contributed by atoms with Crippen LogP contribution in [0.1, 0.15) is 102 Å². The number of rotatable bonds is 3. The Labute approximate surface area is 152 Å². The molecule has 0 bridgehead atoms. The van der Waals surface area contributed by atoms with Gasteiger partial charge in [-0.3, -0.25) is 0 Å². The molecule has 2 aromatic rings. The highest BCUT2D eigenvalue weighted by Gasteiger charge is 2.16. The van der Waals surface area contributed by atoms with Crippen molar-refractivity contribution in [2.75, 3.05) is 0 Å². The maximum atomic E-state index is 4.46. The van der Waals surface area contributed by atoms with Crippen LogP contribution in [0.5, 0.6) is 0 Å². The van der Waals surface area contributed by atoms with Gasteiger partial charge in [-0.05, 0) is 40.3 Å². The van der Waals surface area contributed by atoms with Crippen LogP contribution in [0, 0.1) is 0 Å². The molecule has 0 atom stereocenters. The summed E-state index contributed by atoms with van der Waals surface area (Å²) in [4.78, 5) is 10.2. The summed E-state index contributed by atoms with van der Waals surface area (Å²) in [5.41, 5.74) is 2.91. The molecule has 0 spiro atoms. The average molecular weight is 347 g/mol. The standard InChI is InChI=1S/C11H18S.C10H16N2/c1-8(2)10-6-9(7-12-10)11(3,4)5;1-7(2)9-5-6-11-10(12-9)8(3)4/h6-8H,1-5H3;5-8H,1-4H3. The van der Waals surface area contributed by atoms with E-state index in [-0.39, 0.29) is 0 Å². The fourth-order valence-corrected chi connectivity index (χ4v) is 3.19. The van der Waals surface area contributed by atoms with E-state index in [0.29, 0.717) is 23.2 Å². The Morgan fingerprint density at radius 2 is 1.54 bits per heavy atom. The third-order valence-corrected chi connectivity index (χ3v) is 5.09. The molecule has 2 aromatic heterocycles. The van der Waals surface area contributed by atoms with Crippen molar-refractivity contribution in [3.63, 3.8) is 0 Å². The van der Waals surface area contributed by atoms with Gasteiger partial charge in [0, 0.05) is 22.7 Å². The zero-order chi connectivity index (χ0) is 18.5. The predicted molar refractivity (Wildman–Crippen MR) is 107 cm³/mol. The Morgan fingerprint density at radius 1 is 0.917 bits per heavy atom. The minimum Gasteiger partial charge on any atom is -0.241 e. The number of hydrogen-bond acceptors (Lipinski definition) is 3. The lowest BCUT2D eigenvalue weighted by Gasteiger charge is -2.15. The van der Waals surface area contributed by atoms with Crippen molar-refractivity contribution in [1.29, 1.82) is 0 Å². The molecule has 2 heterocycles. The Bertz CT molecular complexity index is 596. The van der Waals surface area contributed by atoms with E-state index < -0.39 is 0 Å². The van der Waals surface area contributed by atoms with E-state index >= 15 is 0 Å². The first-order chi connectivity index (χ1) is 11.0. The molecule has 0 unspecified atom stereocenters. The molecule has 0 aliphatic heterocycles. The molecule has 0 aliphatic carbocycles. The minimum absolute atomic E-state index is 0.309. The second-order valence-electron chi connectivity index (χ2n) is 8.29. The Kier molecular flexibility index (Phi) is 7.59. The van der Waals surface area contributed by atoms with E-state index in [1.54, 1.807) is 0 Å². The van der Waals surface area contributed by atoms with Crippen molar-refractivity contribution in [3.8, 4) is 0 Å². The smallest absolute Gasteiger partial charge is 0.131 e. The lowest BCUT2D eigenvalue weighted by molar-refractivity contribution is 0.592. The van der Waals surface area contributed by atoms with Crippen molar-refractivity contribution in [2.45, 2.75) is 85.5 Å². The van der Waals surface area contributed by atoms with Crippen LogP contribution in [0.4, 0.5) is 0 Å². The lowest BCUT2D eigenvalue weighted by atomic mass is 9.89. The zero-order valence-electron chi connectivity index (χ0n) is 16.8. The summed E-state index contributed by atoms with van der Waals surface area (Å²) in [7, 11) is 0. The summed E-state index contributed by atoms with van der Waals surface area (Å²) in [5, 5.41) is 2.29. The van der Waals surface area contributed by atoms with Crippen molar-refractivity contribution >= 4 is 11.3 Å². The van der Waals surface area contributed by atoms with Crippen LogP contribution in [0.25, 0.3) is 0 Å². The van der Waals surface area contributed by atoms with Crippen LogP contribution in [-0.2, 0) is 5.41 Å². The molecule has 3 heteroatoms. The summed E-state index contributed by atoms with van der Waals surface area (Å²) in [5.74, 6) is 2.53. The topological polar surface area (TPSA) is 25.8 Å². The van der Waals surface area contributed by atoms with Gasteiger partial charge >= 0.3 is 0 Å². The predicted octanol–water partition coefficient (Wildman–Crippen LogP) is 6.89. The molecule has 0 amide bonds. The Balaban J connectivity index is 0.000000240. The van der Waals surface area contributed by atoms with Crippen LogP contribution in [0.3, 0.4) is 0 Å². The number of nitrogens with zero attached hydrogens (tertiary/aromatic N) is 2. The fourth-order valence-electron chi connectivity index (χ4n) is 2.04. The second-order valence-corrected chi connectivity index (χ2v) is 9.23. The molecule has 0 saturated heterocycles. The normalized spacial score (nSPS) is 11.8. The maximum absolute atomic E-state index is 4.46. The van der Waals surface area contributed by atoms with E-state index in [1.165, 1.54) is 10.4 Å². The molecule has 2 rings (SSSR count). The SMILES string of the molecule is CC(C)c1cc(C(C)(C)C)cs1.CC(C)c1ccnc(C(C)C)n1. The van der Waals surface area contributed by atoms with Crippen LogP contribution in [-0.4, -0.2) is 9.97 Å². The van der Waals surface area contributed by atoms with Gasteiger partial charge in [0.2, 0.25) is 0 Å². The first kappa shape index (κ1) is 20.8. The van der Waals surface area contributed by atoms with Gasteiger partial charge in [-0.25, -0.2) is 9.97 Å². The third-order valence-electron chi connectivity index (χ3n) is 3.86. The molecular formula is C21H34N2S. The molecule has 0 fully saturated rings. The summed E-state index contributed by atoms with van der Waals surface area (Å²) < 4.78 is 0. The molecule has 134 valence electrons. The Hall–Kier alpha value is -1.22. The van der Waals surface area contributed by atoms with E-state index in [2.05, 4.69) is 83.7 Å². The van der Waals surface area contributed by atoms with Crippen molar-refractivity contribution < 1.29 is 0 Å². The van der Waals surface area contributed by atoms with Gasteiger partial charge in [-0.2, -0.15) is 0 Å². The summed E-state index contributed by atoms with van der Waals surface area (Å²) in [6.45, 7) is 19.8. The summed E-state index contributed by atoms with van der Waals surface area (Å²) in [6.07, 6.45) is 1.84. The van der Waals surface area contributed by atoms with Crippen LogP contribution in [0.15, 0.2) is 23.7 Å². The van der Waals surface area contributed by atoms with Gasteiger partial charge in [0.15, 0.2) is 0 Å². The van der Waals surface area contributed by atoms with Crippen molar-refractivity contribution in [3.05, 3.63) is 45.7 Å². The van der Waals surface area contributed by atoms with Gasteiger partial charge < -0.3 is 0 Å². The van der Waals surface area contributed by atoms with Gasteiger partial charge in [0.05, 0.1) is 0 Å². The summed E-state index contributed by atoms with van der Waals surface area (Å²) >= 11 is 1.88. The first-order valence-corrected chi connectivity index (χ1v) is 9.82. The monoisotopic (exact) mass is 346 g/mol. The molecule has 2 nitrogen and oxygen atoms in total. The first-order valence-electron chi connectivity index (χ1n) is 8.94. The molecular weight excluding hydrogens is 312 g/mol. The summed E-state index contributed by atoms with van der Waals surface area (Å²) in [6, 6.07) is 4.33. The zero-order valence-corrected chi connectivity index (χ0v) is 17.7. The van der Waals surface area contributed by atoms with Gasteiger partial charge in [0.25, 0.3) is 0 Å². The molecule has 0 saturated carbocycles. The number of hydrogen-bond donors (Lipinski definition) is 0. The van der Waals surface area contributed by atoms with Crippen molar-refractivity contribution in [2.24, 2.45) is 0 Å². The average Bonchev–Trinajstić information content (AvgIpc) is 2.98. The maximum Gasteiger partial charge on any atom is 0.131 e. The van der Waals surface area contributed by atoms with E-state index in [0.717, 1.165) is 11.5 Å². The van der Waals surface area contributed by atoms with Gasteiger partial charge in [-0.1, -0.05) is 62.3 Å². The van der Waals surface area contributed by atoms with E-state index in [1.807, 2.05) is 23.6 Å². The number of thiophene rings is 1. The van der Waals surface area contributed by atoms with Crippen LogP contribution >= 0.6 is 11.3 Å². The highest BCUT2D eigenvalue weighted by molar-refractivity contribution is 7.10. The quantitative estimate of drug-likeness (QED) is 0.604. The molecule has 0 aliphatic rings. The molecule has 0 N–H and O–H groups in total. The second kappa shape index (κ2) is 8.75. The van der Waals surface area contributed by atoms with Crippen molar-refractivity contribution in [1.82, 2.24) is 9.97 Å². The highest BCUT2D eigenvalue weighted by atomic mass is 32.1. The van der Waals surface area contributed by atoms with Crippen LogP contribution in [0.2, 0.25) is 0 Å². The van der Waals surface area contributed by atoms with E-state index in [9.17, 15) is 0 Å². The Morgan fingerprint density at radius 3 is 1.92 bits per heavy atom. The third kappa shape index (κ3) is 6.35. The molecule has 24 heavy (non-hydrogen) atoms. The minimum atomic E-state index is 0.309. The molecule has 0 aromatic carbocycles. The highest BCUT2D eigenvalue weighted by Crippen LogP contribution is 2.30. The van der Waals surface area contributed by atoms with Crippen LogP contribution < -0.4 is 0 Å². The molecule has 0 radical (unpaired) electrons. The largest absolute Gasteiger partial charge is 0.241 e. The lowest BCUT2D eigenvalue weighted by Crippen LogP contribution is -2.09. The fraction of sp³-hybridized carbons (Fsp3) is 0.619. The van der Waals surface area contributed by atoms with Gasteiger partial charge in [0.1, 0.15) is 5.82 Å². The van der Waals surface area contributed by atoms with E-state index in [4.69, 9.17) is 0 Å².